The minimum atomic E-state index is -3.77. The summed E-state index contributed by atoms with van der Waals surface area (Å²) < 4.78 is 35.9. The SMILES string of the molecule is COCCN(CCOC)S(=O)(=O)c1c[nH]c(=O)c(Cl)c1. The number of methoxy groups -OCH3 is 2. The van der Waals surface area contributed by atoms with Crippen molar-refractivity contribution in [3.8, 4) is 0 Å². The van der Waals surface area contributed by atoms with Crippen LogP contribution in [-0.4, -0.2) is 58.2 Å². The lowest BCUT2D eigenvalue weighted by atomic mass is 10.5. The summed E-state index contributed by atoms with van der Waals surface area (Å²) in [4.78, 5) is 13.4. The Kier molecular flexibility index (Phi) is 6.63. The van der Waals surface area contributed by atoms with Crippen molar-refractivity contribution in [2.45, 2.75) is 4.90 Å². The minimum Gasteiger partial charge on any atom is -0.383 e. The average Bonchev–Trinajstić information content (AvgIpc) is 2.41. The fourth-order valence-electron chi connectivity index (χ4n) is 1.47. The normalized spacial score (nSPS) is 12.0. The van der Waals surface area contributed by atoms with Crippen LogP contribution < -0.4 is 5.56 Å². The lowest BCUT2D eigenvalue weighted by Crippen LogP contribution is -2.36. The van der Waals surface area contributed by atoms with Gasteiger partial charge < -0.3 is 14.5 Å². The maximum absolute atomic E-state index is 12.4. The van der Waals surface area contributed by atoms with Crippen molar-refractivity contribution in [3.05, 3.63) is 27.6 Å². The molecule has 0 fully saturated rings. The first-order valence-corrected chi connectivity index (χ1v) is 7.61. The Morgan fingerprint density at radius 1 is 1.25 bits per heavy atom. The molecule has 114 valence electrons. The standard InChI is InChI=1S/C11H17ClN2O5S/c1-18-5-3-14(4-6-19-2)20(16,17)9-7-10(12)11(15)13-8-9/h7-8H,3-6H2,1-2H3,(H,13,15). The quantitative estimate of drug-likeness (QED) is 0.743. The van der Waals surface area contributed by atoms with E-state index in [2.05, 4.69) is 4.98 Å². The highest BCUT2D eigenvalue weighted by molar-refractivity contribution is 7.89. The molecular formula is C11H17ClN2O5S. The van der Waals surface area contributed by atoms with Crippen LogP contribution in [0.4, 0.5) is 0 Å². The molecule has 0 spiro atoms. The molecule has 1 rings (SSSR count). The summed E-state index contributed by atoms with van der Waals surface area (Å²) in [5.74, 6) is 0. The van der Waals surface area contributed by atoms with E-state index in [0.717, 1.165) is 12.3 Å². The maximum atomic E-state index is 12.4. The number of nitrogens with one attached hydrogen (secondary N) is 1. The van der Waals surface area contributed by atoms with Gasteiger partial charge in [-0.2, -0.15) is 4.31 Å². The molecule has 1 N–H and O–H groups in total. The van der Waals surface area contributed by atoms with Crippen molar-refractivity contribution in [2.75, 3.05) is 40.5 Å². The van der Waals surface area contributed by atoms with Crippen LogP contribution in [0.5, 0.6) is 0 Å². The van der Waals surface area contributed by atoms with Crippen molar-refractivity contribution < 1.29 is 17.9 Å². The number of hydrogen-bond acceptors (Lipinski definition) is 5. The number of pyridine rings is 1. The van der Waals surface area contributed by atoms with Crippen molar-refractivity contribution in [1.29, 1.82) is 0 Å². The third kappa shape index (κ3) is 4.29. The van der Waals surface area contributed by atoms with E-state index in [1.165, 1.54) is 18.5 Å². The monoisotopic (exact) mass is 324 g/mol. The molecule has 0 aliphatic rings. The van der Waals surface area contributed by atoms with E-state index in [9.17, 15) is 13.2 Å². The number of sulfonamides is 1. The third-order valence-electron chi connectivity index (χ3n) is 2.56. The van der Waals surface area contributed by atoms with Crippen molar-refractivity contribution in [2.24, 2.45) is 0 Å². The molecule has 0 aliphatic heterocycles. The minimum absolute atomic E-state index is 0.0747. The molecule has 0 aliphatic carbocycles. The number of halogens is 1. The number of aromatic amines is 1. The van der Waals surface area contributed by atoms with E-state index in [1.54, 1.807) is 0 Å². The molecule has 1 aromatic rings. The van der Waals surface area contributed by atoms with Crippen LogP contribution in [0, 0.1) is 0 Å². The van der Waals surface area contributed by atoms with Crippen LogP contribution in [-0.2, 0) is 19.5 Å². The predicted molar refractivity (Wildman–Crippen MR) is 74.6 cm³/mol. The first kappa shape index (κ1) is 17.1. The molecule has 0 aromatic carbocycles. The highest BCUT2D eigenvalue weighted by Crippen LogP contribution is 2.16. The number of nitrogens with zero attached hydrogens (tertiary/aromatic N) is 1. The van der Waals surface area contributed by atoms with Gasteiger partial charge in [-0.15, -0.1) is 0 Å². The first-order chi connectivity index (χ1) is 9.43. The molecule has 0 unspecified atom stereocenters. The van der Waals surface area contributed by atoms with Crippen molar-refractivity contribution >= 4 is 21.6 Å². The van der Waals surface area contributed by atoms with Gasteiger partial charge >= 0.3 is 0 Å². The Bertz CT molecular complexity index is 579. The molecule has 20 heavy (non-hydrogen) atoms. The van der Waals surface area contributed by atoms with E-state index in [-0.39, 0.29) is 36.2 Å². The summed E-state index contributed by atoms with van der Waals surface area (Å²) in [5.41, 5.74) is -0.536. The number of ether oxygens (including phenoxy) is 2. The number of rotatable bonds is 8. The van der Waals surface area contributed by atoms with E-state index in [0.29, 0.717) is 0 Å². The largest absolute Gasteiger partial charge is 0.383 e. The molecule has 0 amide bonds. The van der Waals surface area contributed by atoms with E-state index in [4.69, 9.17) is 21.1 Å². The fraction of sp³-hybridized carbons (Fsp3) is 0.545. The topological polar surface area (TPSA) is 88.7 Å². The highest BCUT2D eigenvalue weighted by Gasteiger charge is 2.24. The Morgan fingerprint density at radius 3 is 2.25 bits per heavy atom. The van der Waals surface area contributed by atoms with Crippen LogP contribution in [0.1, 0.15) is 0 Å². The van der Waals surface area contributed by atoms with E-state index < -0.39 is 15.6 Å². The molecule has 0 radical (unpaired) electrons. The van der Waals surface area contributed by atoms with Gasteiger partial charge in [-0.3, -0.25) is 4.79 Å². The number of hydrogen-bond donors (Lipinski definition) is 1. The Morgan fingerprint density at radius 2 is 1.80 bits per heavy atom. The van der Waals surface area contributed by atoms with Crippen LogP contribution in [0.2, 0.25) is 5.02 Å². The molecule has 0 bridgehead atoms. The highest BCUT2D eigenvalue weighted by atomic mass is 35.5. The zero-order chi connectivity index (χ0) is 15.2. The third-order valence-corrected chi connectivity index (χ3v) is 4.72. The van der Waals surface area contributed by atoms with Gasteiger partial charge in [-0.1, -0.05) is 11.6 Å². The average molecular weight is 325 g/mol. The summed E-state index contributed by atoms with van der Waals surface area (Å²) >= 11 is 5.66. The van der Waals surface area contributed by atoms with Gasteiger partial charge in [-0.25, -0.2) is 8.42 Å². The summed E-state index contributed by atoms with van der Waals surface area (Å²) in [6, 6.07) is 1.13. The van der Waals surface area contributed by atoms with Gasteiger partial charge in [0.25, 0.3) is 5.56 Å². The summed E-state index contributed by atoms with van der Waals surface area (Å²) in [7, 11) is -0.798. The Balaban J connectivity index is 3.07. The van der Waals surface area contributed by atoms with Gasteiger partial charge in [0.2, 0.25) is 10.0 Å². The second kappa shape index (κ2) is 7.75. The first-order valence-electron chi connectivity index (χ1n) is 5.79. The van der Waals surface area contributed by atoms with Gasteiger partial charge in [0, 0.05) is 33.5 Å². The van der Waals surface area contributed by atoms with Crippen LogP contribution in [0.25, 0.3) is 0 Å². The molecule has 9 heteroatoms. The number of aromatic nitrogens is 1. The fourth-order valence-corrected chi connectivity index (χ4v) is 3.11. The Labute approximate surface area is 122 Å². The molecule has 0 saturated heterocycles. The Hall–Kier alpha value is -0.930. The van der Waals surface area contributed by atoms with Gasteiger partial charge in [0.1, 0.15) is 5.02 Å². The summed E-state index contributed by atoms with van der Waals surface area (Å²) in [6.45, 7) is 0.859. The molecule has 1 heterocycles. The molecular weight excluding hydrogens is 308 g/mol. The predicted octanol–water partition coefficient (Wildman–Crippen LogP) is 0.312. The van der Waals surface area contributed by atoms with Crippen LogP contribution >= 0.6 is 11.6 Å². The van der Waals surface area contributed by atoms with E-state index in [1.807, 2.05) is 0 Å². The maximum Gasteiger partial charge on any atom is 0.266 e. The zero-order valence-electron chi connectivity index (χ0n) is 11.3. The van der Waals surface area contributed by atoms with Crippen LogP contribution in [0.15, 0.2) is 22.0 Å². The van der Waals surface area contributed by atoms with Gasteiger partial charge in [-0.05, 0) is 6.07 Å². The second-order valence-electron chi connectivity index (χ2n) is 3.90. The van der Waals surface area contributed by atoms with Crippen LogP contribution in [0.3, 0.4) is 0 Å². The molecule has 1 aromatic heterocycles. The smallest absolute Gasteiger partial charge is 0.266 e. The summed E-state index contributed by atoms with van der Waals surface area (Å²) in [5, 5.41) is -0.176. The van der Waals surface area contributed by atoms with Crippen molar-refractivity contribution in [1.82, 2.24) is 9.29 Å². The molecule has 0 atom stereocenters. The van der Waals surface area contributed by atoms with Crippen molar-refractivity contribution in [3.63, 3.8) is 0 Å². The van der Waals surface area contributed by atoms with Gasteiger partial charge in [0.05, 0.1) is 18.1 Å². The van der Waals surface area contributed by atoms with E-state index >= 15 is 0 Å². The van der Waals surface area contributed by atoms with Gasteiger partial charge in [0.15, 0.2) is 0 Å². The zero-order valence-corrected chi connectivity index (χ0v) is 12.8. The second-order valence-corrected chi connectivity index (χ2v) is 6.25. The molecule has 7 nitrogen and oxygen atoms in total. The lowest BCUT2D eigenvalue weighted by Gasteiger charge is -2.21. The summed E-state index contributed by atoms with van der Waals surface area (Å²) in [6.07, 6.45) is 1.12. The lowest BCUT2D eigenvalue weighted by molar-refractivity contribution is 0.150. The molecule has 0 saturated carbocycles. The number of H-pyrrole nitrogens is 1.